The number of hydrogen-bond donors (Lipinski definition) is 0. The second kappa shape index (κ2) is 6.43. The van der Waals surface area contributed by atoms with E-state index in [4.69, 9.17) is 4.98 Å². The molecule has 0 unspecified atom stereocenters. The topological polar surface area (TPSA) is 33.2 Å². The van der Waals surface area contributed by atoms with E-state index in [1.165, 1.54) is 0 Å². The fraction of sp³-hybridized carbons (Fsp3) is 0.0833. The van der Waals surface area contributed by atoms with Crippen LogP contribution in [0.25, 0.3) is 33.0 Å². The summed E-state index contributed by atoms with van der Waals surface area (Å²) < 4.78 is 0. The van der Waals surface area contributed by atoms with Crippen LogP contribution in [-0.4, -0.2) is 24.9 Å². The van der Waals surface area contributed by atoms with Crippen LogP contribution >= 0.6 is 11.3 Å². The zero-order valence-electron chi connectivity index (χ0n) is 15.6. The lowest BCUT2D eigenvalue weighted by molar-refractivity contribution is 0.104. The van der Waals surface area contributed by atoms with E-state index in [0.717, 1.165) is 44.2 Å². The first kappa shape index (κ1) is 16.9. The molecule has 1 aliphatic carbocycles. The van der Waals surface area contributed by atoms with Crippen molar-refractivity contribution in [2.75, 3.05) is 19.0 Å². The molecule has 136 valence electrons. The number of rotatable bonds is 3. The third-order valence-electron chi connectivity index (χ3n) is 5.14. The predicted molar refractivity (Wildman–Crippen MR) is 116 cm³/mol. The Morgan fingerprint density at radius 1 is 0.857 bits per heavy atom. The van der Waals surface area contributed by atoms with Crippen molar-refractivity contribution in [2.24, 2.45) is 0 Å². The Bertz CT molecular complexity index is 1190. The van der Waals surface area contributed by atoms with E-state index in [1.807, 2.05) is 44.4 Å². The van der Waals surface area contributed by atoms with Crippen LogP contribution in [0, 0.1) is 0 Å². The highest BCUT2D eigenvalue weighted by molar-refractivity contribution is 7.13. The third-order valence-corrected chi connectivity index (χ3v) is 6.03. The Morgan fingerprint density at radius 3 is 2.29 bits per heavy atom. The number of fused-ring (bicyclic) bond motifs is 3. The molecule has 0 fully saturated rings. The number of ketones is 1. The number of pyridine rings is 1. The molecular weight excluding hydrogens is 364 g/mol. The van der Waals surface area contributed by atoms with E-state index in [0.29, 0.717) is 5.56 Å². The van der Waals surface area contributed by atoms with Crippen molar-refractivity contribution < 1.29 is 4.79 Å². The zero-order valence-corrected chi connectivity index (χ0v) is 16.5. The van der Waals surface area contributed by atoms with Crippen LogP contribution in [0.4, 0.5) is 5.69 Å². The van der Waals surface area contributed by atoms with Gasteiger partial charge in [0, 0.05) is 30.9 Å². The van der Waals surface area contributed by atoms with Gasteiger partial charge in [0.1, 0.15) is 0 Å². The summed E-state index contributed by atoms with van der Waals surface area (Å²) in [6.07, 6.45) is 0. The summed E-state index contributed by atoms with van der Waals surface area (Å²) in [5.41, 5.74) is 7.17. The highest BCUT2D eigenvalue weighted by atomic mass is 32.1. The second-order valence-corrected chi connectivity index (χ2v) is 8.02. The number of benzene rings is 2. The van der Waals surface area contributed by atoms with Crippen molar-refractivity contribution in [2.45, 2.75) is 0 Å². The first-order valence-electron chi connectivity index (χ1n) is 9.14. The maximum absolute atomic E-state index is 13.2. The number of thiophene rings is 1. The van der Waals surface area contributed by atoms with Gasteiger partial charge in [-0.15, -0.1) is 11.3 Å². The Labute approximate surface area is 167 Å². The molecule has 4 heteroatoms. The number of anilines is 1. The summed E-state index contributed by atoms with van der Waals surface area (Å²) in [6, 6.07) is 22.2. The molecule has 0 radical (unpaired) electrons. The van der Waals surface area contributed by atoms with Gasteiger partial charge in [-0.1, -0.05) is 42.5 Å². The van der Waals surface area contributed by atoms with E-state index in [9.17, 15) is 4.79 Å². The van der Waals surface area contributed by atoms with Gasteiger partial charge in [-0.05, 0) is 40.8 Å². The molecule has 4 aromatic rings. The van der Waals surface area contributed by atoms with Gasteiger partial charge in [0.25, 0.3) is 0 Å². The van der Waals surface area contributed by atoms with Gasteiger partial charge in [0.05, 0.1) is 21.8 Å². The quantitative estimate of drug-likeness (QED) is 0.398. The van der Waals surface area contributed by atoms with Gasteiger partial charge in [-0.2, -0.15) is 0 Å². The number of hydrogen-bond acceptors (Lipinski definition) is 4. The van der Waals surface area contributed by atoms with Gasteiger partial charge < -0.3 is 4.90 Å². The average Bonchev–Trinajstić information content (AvgIpc) is 3.36. The number of aromatic nitrogens is 1. The summed E-state index contributed by atoms with van der Waals surface area (Å²) in [6.45, 7) is 0. The molecule has 0 N–H and O–H groups in total. The second-order valence-electron chi connectivity index (χ2n) is 7.07. The van der Waals surface area contributed by atoms with Crippen molar-refractivity contribution in [1.29, 1.82) is 0 Å². The minimum Gasteiger partial charge on any atom is -0.378 e. The minimum absolute atomic E-state index is 0.0579. The molecule has 0 bridgehead atoms. The highest BCUT2D eigenvalue weighted by Crippen LogP contribution is 2.42. The van der Waals surface area contributed by atoms with Crippen molar-refractivity contribution in [1.82, 2.24) is 4.98 Å². The minimum atomic E-state index is 0.0579. The van der Waals surface area contributed by atoms with Gasteiger partial charge in [-0.3, -0.25) is 4.79 Å². The molecule has 2 heterocycles. The number of carbonyl (C=O) groups is 1. The molecular formula is C24H18N2OS. The van der Waals surface area contributed by atoms with Crippen LogP contribution in [0.2, 0.25) is 0 Å². The fourth-order valence-electron chi connectivity index (χ4n) is 3.71. The molecule has 0 amide bonds. The lowest BCUT2D eigenvalue weighted by Gasteiger charge is -2.14. The summed E-state index contributed by atoms with van der Waals surface area (Å²) in [4.78, 5) is 21.3. The van der Waals surface area contributed by atoms with Crippen molar-refractivity contribution in [3.05, 3.63) is 83.2 Å². The van der Waals surface area contributed by atoms with E-state index in [2.05, 4.69) is 46.7 Å². The first-order valence-corrected chi connectivity index (χ1v) is 10.0. The first-order chi connectivity index (χ1) is 13.6. The maximum Gasteiger partial charge on any atom is 0.196 e. The molecule has 28 heavy (non-hydrogen) atoms. The van der Waals surface area contributed by atoms with Crippen LogP contribution in [0.5, 0.6) is 0 Å². The van der Waals surface area contributed by atoms with Crippen LogP contribution < -0.4 is 4.90 Å². The molecule has 0 saturated heterocycles. The van der Waals surface area contributed by atoms with Crippen molar-refractivity contribution in [3.8, 4) is 33.0 Å². The fourth-order valence-corrected chi connectivity index (χ4v) is 4.40. The number of carbonyl (C=O) groups excluding carboxylic acids is 1. The van der Waals surface area contributed by atoms with E-state index in [-0.39, 0.29) is 5.78 Å². The number of nitrogens with zero attached hydrogens (tertiary/aromatic N) is 2. The average molecular weight is 382 g/mol. The van der Waals surface area contributed by atoms with Crippen LogP contribution in [0.3, 0.4) is 0 Å². The Balaban J connectivity index is 1.77. The Morgan fingerprint density at radius 2 is 1.61 bits per heavy atom. The summed E-state index contributed by atoms with van der Waals surface area (Å²) in [5.74, 6) is 0.0579. The molecule has 2 aromatic heterocycles. The monoisotopic (exact) mass is 382 g/mol. The molecule has 0 atom stereocenters. The Hall–Kier alpha value is -3.24. The van der Waals surface area contributed by atoms with E-state index >= 15 is 0 Å². The van der Waals surface area contributed by atoms with E-state index in [1.54, 1.807) is 11.3 Å². The van der Waals surface area contributed by atoms with Crippen LogP contribution in [-0.2, 0) is 0 Å². The van der Waals surface area contributed by atoms with Gasteiger partial charge >= 0.3 is 0 Å². The van der Waals surface area contributed by atoms with Crippen LogP contribution in [0.15, 0.2) is 72.1 Å². The largest absolute Gasteiger partial charge is 0.378 e. The standard InChI is InChI=1S/C24H18N2OS/c1-26(2)16-11-9-15(10-12-16)19-14-20(21-8-5-13-28-21)25-23-17-6-3-4-7-18(17)24(27)22(19)23/h3-14H,1-2H3. The SMILES string of the molecule is CN(C)c1ccc(-c2cc(-c3cccs3)nc3c2C(=O)c2ccccc2-3)cc1. The molecule has 0 saturated carbocycles. The lowest BCUT2D eigenvalue weighted by atomic mass is 9.96. The smallest absolute Gasteiger partial charge is 0.196 e. The molecule has 3 nitrogen and oxygen atoms in total. The van der Waals surface area contributed by atoms with Gasteiger partial charge in [0.15, 0.2) is 5.78 Å². The van der Waals surface area contributed by atoms with E-state index < -0.39 is 0 Å². The van der Waals surface area contributed by atoms with Crippen molar-refractivity contribution >= 4 is 22.8 Å². The predicted octanol–water partition coefficient (Wildman–Crippen LogP) is 5.75. The Kier molecular flexibility index (Phi) is 3.88. The lowest BCUT2D eigenvalue weighted by Crippen LogP contribution is -2.08. The summed E-state index contributed by atoms with van der Waals surface area (Å²) >= 11 is 1.66. The molecule has 2 aromatic carbocycles. The van der Waals surface area contributed by atoms with Crippen molar-refractivity contribution in [3.63, 3.8) is 0 Å². The summed E-state index contributed by atoms with van der Waals surface area (Å²) in [5, 5.41) is 2.05. The zero-order chi connectivity index (χ0) is 19.3. The molecule has 1 aliphatic rings. The molecule has 0 aliphatic heterocycles. The maximum atomic E-state index is 13.2. The third kappa shape index (κ3) is 2.57. The normalized spacial score (nSPS) is 12.0. The highest BCUT2D eigenvalue weighted by Gasteiger charge is 2.31. The molecule has 0 spiro atoms. The summed E-state index contributed by atoms with van der Waals surface area (Å²) in [7, 11) is 4.04. The van der Waals surface area contributed by atoms with Gasteiger partial charge in [-0.25, -0.2) is 4.98 Å². The van der Waals surface area contributed by atoms with Gasteiger partial charge in [0.2, 0.25) is 0 Å². The molecule has 5 rings (SSSR count). The van der Waals surface area contributed by atoms with Crippen LogP contribution in [0.1, 0.15) is 15.9 Å².